The summed E-state index contributed by atoms with van der Waals surface area (Å²) in [6.45, 7) is 0.404. The van der Waals surface area contributed by atoms with Crippen LogP contribution in [0.4, 0.5) is 5.69 Å². The van der Waals surface area contributed by atoms with Gasteiger partial charge in [-0.25, -0.2) is 13.1 Å². The molecule has 0 saturated heterocycles. The Labute approximate surface area is 105 Å². The van der Waals surface area contributed by atoms with E-state index in [0.717, 1.165) is 6.07 Å². The number of nitrogens with one attached hydrogen (secondary N) is 1. The Morgan fingerprint density at radius 2 is 2.11 bits per heavy atom. The van der Waals surface area contributed by atoms with E-state index in [-0.39, 0.29) is 17.1 Å². The molecule has 3 N–H and O–H groups in total. The van der Waals surface area contributed by atoms with Crippen LogP contribution in [0.25, 0.3) is 0 Å². The van der Waals surface area contributed by atoms with Gasteiger partial charge in [0.25, 0.3) is 5.69 Å². The number of rotatable bonds is 6. The second-order valence-corrected chi connectivity index (χ2v) is 5.08. The number of nitrogens with two attached hydrogens (primary N) is 1. The SMILES string of the molecule is NC/C=C/CNS(=O)(=O)c1cccc([N+](=O)[O-])c1. The molecule has 1 aromatic carbocycles. The van der Waals surface area contributed by atoms with Gasteiger partial charge in [0.05, 0.1) is 9.82 Å². The lowest BCUT2D eigenvalue weighted by atomic mass is 10.3. The molecule has 98 valence electrons. The third-order valence-corrected chi connectivity index (χ3v) is 3.45. The molecule has 0 aromatic heterocycles. The fourth-order valence-corrected chi connectivity index (χ4v) is 2.20. The van der Waals surface area contributed by atoms with E-state index >= 15 is 0 Å². The summed E-state index contributed by atoms with van der Waals surface area (Å²) < 4.78 is 25.8. The fourth-order valence-electron chi connectivity index (χ4n) is 1.18. The van der Waals surface area contributed by atoms with Crippen LogP contribution in [-0.4, -0.2) is 26.4 Å². The van der Waals surface area contributed by atoms with Crippen LogP contribution in [0.3, 0.4) is 0 Å². The second-order valence-electron chi connectivity index (χ2n) is 3.31. The average Bonchev–Trinajstić information content (AvgIpc) is 2.35. The van der Waals surface area contributed by atoms with Gasteiger partial charge in [0, 0.05) is 25.2 Å². The van der Waals surface area contributed by atoms with E-state index in [9.17, 15) is 18.5 Å². The van der Waals surface area contributed by atoms with E-state index in [1.54, 1.807) is 12.2 Å². The van der Waals surface area contributed by atoms with Gasteiger partial charge < -0.3 is 5.73 Å². The molecule has 0 aliphatic carbocycles. The largest absolute Gasteiger partial charge is 0.327 e. The number of benzene rings is 1. The molecule has 0 bridgehead atoms. The smallest absolute Gasteiger partial charge is 0.270 e. The van der Waals surface area contributed by atoms with Crippen molar-refractivity contribution < 1.29 is 13.3 Å². The Bertz CT molecular complexity index is 554. The predicted molar refractivity (Wildman–Crippen MR) is 66.5 cm³/mol. The Balaban J connectivity index is 2.88. The predicted octanol–water partition coefficient (Wildman–Crippen LogP) is 0.388. The minimum Gasteiger partial charge on any atom is -0.327 e. The number of nitrogens with zero attached hydrogens (tertiary/aromatic N) is 1. The molecule has 0 heterocycles. The molecule has 18 heavy (non-hydrogen) atoms. The molecule has 0 atom stereocenters. The molecule has 0 unspecified atom stereocenters. The Kier molecular flexibility index (Phi) is 4.95. The molecule has 0 amide bonds. The Morgan fingerprint density at radius 3 is 2.72 bits per heavy atom. The minimum atomic E-state index is -3.74. The summed E-state index contributed by atoms with van der Waals surface area (Å²) in [5, 5.41) is 10.5. The molecule has 0 fully saturated rings. The number of non-ortho nitro benzene ring substituents is 1. The van der Waals surface area contributed by atoms with E-state index in [4.69, 9.17) is 5.73 Å². The summed E-state index contributed by atoms with van der Waals surface area (Å²) in [4.78, 5) is 9.76. The molecule has 1 aromatic rings. The highest BCUT2D eigenvalue weighted by Crippen LogP contribution is 2.16. The molecular formula is C10H13N3O4S. The van der Waals surface area contributed by atoms with E-state index in [1.807, 2.05) is 0 Å². The van der Waals surface area contributed by atoms with E-state index in [0.29, 0.717) is 6.54 Å². The molecule has 0 aliphatic rings. The van der Waals surface area contributed by atoms with Crippen molar-refractivity contribution in [3.8, 4) is 0 Å². The zero-order valence-corrected chi connectivity index (χ0v) is 10.3. The van der Waals surface area contributed by atoms with Crippen molar-refractivity contribution in [1.82, 2.24) is 4.72 Å². The zero-order valence-electron chi connectivity index (χ0n) is 9.44. The molecule has 7 nitrogen and oxygen atoms in total. The first-order valence-corrected chi connectivity index (χ1v) is 6.55. The number of nitro groups is 1. The van der Waals surface area contributed by atoms with Crippen LogP contribution >= 0.6 is 0 Å². The topological polar surface area (TPSA) is 115 Å². The lowest BCUT2D eigenvalue weighted by molar-refractivity contribution is -0.385. The summed E-state index contributed by atoms with van der Waals surface area (Å²) in [5.74, 6) is 0. The van der Waals surface area contributed by atoms with Crippen LogP contribution in [-0.2, 0) is 10.0 Å². The van der Waals surface area contributed by atoms with E-state index in [2.05, 4.69) is 4.72 Å². The Morgan fingerprint density at radius 1 is 1.39 bits per heavy atom. The maximum absolute atomic E-state index is 11.8. The number of hydrogen-bond donors (Lipinski definition) is 2. The highest BCUT2D eigenvalue weighted by Gasteiger charge is 2.16. The van der Waals surface area contributed by atoms with Crippen molar-refractivity contribution in [2.45, 2.75) is 4.90 Å². The summed E-state index contributed by atoms with van der Waals surface area (Å²) in [5.41, 5.74) is 4.94. The maximum atomic E-state index is 11.8. The molecule has 0 aliphatic heterocycles. The molecule has 0 spiro atoms. The number of sulfonamides is 1. The van der Waals surface area contributed by atoms with Gasteiger partial charge in [-0.3, -0.25) is 10.1 Å². The zero-order chi connectivity index (χ0) is 13.6. The van der Waals surface area contributed by atoms with E-state index in [1.165, 1.54) is 18.2 Å². The lowest BCUT2D eigenvalue weighted by Crippen LogP contribution is -2.23. The van der Waals surface area contributed by atoms with Gasteiger partial charge in [0.2, 0.25) is 10.0 Å². The van der Waals surface area contributed by atoms with Crippen LogP contribution < -0.4 is 10.5 Å². The lowest BCUT2D eigenvalue weighted by Gasteiger charge is -2.04. The van der Waals surface area contributed by atoms with Gasteiger partial charge >= 0.3 is 0 Å². The number of hydrogen-bond acceptors (Lipinski definition) is 5. The normalized spacial score (nSPS) is 11.8. The van der Waals surface area contributed by atoms with E-state index < -0.39 is 14.9 Å². The molecule has 0 saturated carbocycles. The molecule has 1 rings (SSSR count). The van der Waals surface area contributed by atoms with Crippen molar-refractivity contribution in [1.29, 1.82) is 0 Å². The van der Waals surface area contributed by atoms with Crippen molar-refractivity contribution in [2.24, 2.45) is 5.73 Å². The van der Waals surface area contributed by atoms with Crippen LogP contribution in [0.15, 0.2) is 41.3 Å². The highest BCUT2D eigenvalue weighted by molar-refractivity contribution is 7.89. The summed E-state index contributed by atoms with van der Waals surface area (Å²) in [6.07, 6.45) is 3.17. The third kappa shape index (κ3) is 3.91. The monoisotopic (exact) mass is 271 g/mol. The highest BCUT2D eigenvalue weighted by atomic mass is 32.2. The van der Waals surface area contributed by atoms with Crippen molar-refractivity contribution in [3.63, 3.8) is 0 Å². The minimum absolute atomic E-state index is 0.0855. The van der Waals surface area contributed by atoms with Gasteiger partial charge in [-0.05, 0) is 6.07 Å². The maximum Gasteiger partial charge on any atom is 0.270 e. The van der Waals surface area contributed by atoms with Gasteiger partial charge in [-0.15, -0.1) is 0 Å². The van der Waals surface area contributed by atoms with Crippen molar-refractivity contribution in [2.75, 3.05) is 13.1 Å². The van der Waals surface area contributed by atoms with Crippen LogP contribution in [0.5, 0.6) is 0 Å². The van der Waals surface area contributed by atoms with Crippen LogP contribution in [0, 0.1) is 10.1 Å². The standard InChI is InChI=1S/C10H13N3O4S/c11-6-1-2-7-12-18(16,17)10-5-3-4-9(8-10)13(14)15/h1-5,8,12H,6-7,11H2/b2-1+. The first kappa shape index (κ1) is 14.3. The summed E-state index contributed by atoms with van der Waals surface area (Å²) >= 11 is 0. The fraction of sp³-hybridized carbons (Fsp3) is 0.200. The summed E-state index contributed by atoms with van der Waals surface area (Å²) in [7, 11) is -3.74. The van der Waals surface area contributed by atoms with Gasteiger partial charge in [0.1, 0.15) is 0 Å². The molecule has 0 radical (unpaired) electrons. The van der Waals surface area contributed by atoms with Gasteiger partial charge in [-0.1, -0.05) is 18.2 Å². The quantitative estimate of drug-likeness (QED) is 0.441. The first-order chi connectivity index (χ1) is 8.47. The van der Waals surface area contributed by atoms with Crippen molar-refractivity contribution >= 4 is 15.7 Å². The van der Waals surface area contributed by atoms with Crippen molar-refractivity contribution in [3.05, 3.63) is 46.5 Å². The summed E-state index contributed by atoms with van der Waals surface area (Å²) in [6, 6.07) is 4.85. The number of nitro benzene ring substituents is 1. The average molecular weight is 271 g/mol. The van der Waals surface area contributed by atoms with Crippen LogP contribution in [0.1, 0.15) is 0 Å². The Hall–Kier alpha value is -1.77. The molecular weight excluding hydrogens is 258 g/mol. The first-order valence-electron chi connectivity index (χ1n) is 5.06. The molecule has 8 heteroatoms. The second kappa shape index (κ2) is 6.24. The third-order valence-electron chi connectivity index (χ3n) is 2.03. The van der Waals surface area contributed by atoms with Crippen LogP contribution in [0.2, 0.25) is 0 Å². The van der Waals surface area contributed by atoms with Gasteiger partial charge in [0.15, 0.2) is 0 Å². The van der Waals surface area contributed by atoms with Gasteiger partial charge in [-0.2, -0.15) is 0 Å².